The summed E-state index contributed by atoms with van der Waals surface area (Å²) < 4.78 is 0. The van der Waals surface area contributed by atoms with Gasteiger partial charge in [-0.3, -0.25) is 4.79 Å². The molecule has 0 bridgehead atoms. The molecule has 0 saturated heterocycles. The average molecular weight is 113 g/mol. The van der Waals surface area contributed by atoms with Crippen LogP contribution in [0.2, 0.25) is 0 Å². The van der Waals surface area contributed by atoms with E-state index in [1.807, 2.05) is 0 Å². The minimum atomic E-state index is -0.856. The van der Waals surface area contributed by atoms with Crippen molar-refractivity contribution in [2.75, 3.05) is 0 Å². The summed E-state index contributed by atoms with van der Waals surface area (Å²) >= 11 is 0. The quantitative estimate of drug-likeness (QED) is 0.472. The molecule has 2 nitrogen and oxygen atoms in total. The Morgan fingerprint density at radius 3 is 2.00 bits per heavy atom. The van der Waals surface area contributed by atoms with E-state index in [2.05, 4.69) is 6.92 Å². The first-order valence-corrected chi connectivity index (χ1v) is 1.28. The van der Waals surface area contributed by atoms with Gasteiger partial charge in [-0.05, 0) is 6.92 Å². The third kappa shape index (κ3) is 8.92. The Balaban J connectivity index is 0. The number of rotatable bonds is 1. The predicted octanol–water partition coefficient (Wildman–Crippen LogP) is -0.353. The molecule has 0 aliphatic heterocycles. The number of hydrogen-bond donors (Lipinski definition) is 1. The Hall–Kier alpha value is 1.11. The number of carboxylic acid groups (broad SMARTS) is 1. The molecule has 0 amide bonds. The van der Waals surface area contributed by atoms with Crippen LogP contribution in [-0.2, 0) is 4.79 Å². The van der Waals surface area contributed by atoms with E-state index in [1.54, 1.807) is 0 Å². The first kappa shape index (κ1) is 10.2. The summed E-state index contributed by atoms with van der Waals surface area (Å²) in [5.74, 6) is -0.856. The normalized spacial score (nSPS) is 6.17. The zero-order chi connectivity index (χ0) is 4.28. The summed E-state index contributed by atoms with van der Waals surface area (Å²) in [6.45, 7) is 3.09. The van der Waals surface area contributed by atoms with Crippen molar-refractivity contribution < 1.29 is 9.90 Å². The van der Waals surface area contributed by atoms with Crippen LogP contribution in [0, 0.1) is 6.92 Å². The Labute approximate surface area is 79.3 Å². The van der Waals surface area contributed by atoms with Crippen LogP contribution in [-0.4, -0.2) is 62.5 Å². The van der Waals surface area contributed by atoms with Gasteiger partial charge in [0, 0.05) is 6.42 Å². The summed E-state index contributed by atoms with van der Waals surface area (Å²) in [5.41, 5.74) is 0. The molecule has 0 aromatic rings. The third-order valence-electron chi connectivity index (χ3n) is 0.214. The van der Waals surface area contributed by atoms with Crippen molar-refractivity contribution in [3.63, 3.8) is 0 Å². The summed E-state index contributed by atoms with van der Waals surface area (Å²) in [5, 5.41) is 7.66. The van der Waals surface area contributed by atoms with E-state index >= 15 is 0 Å². The number of aliphatic carboxylic acids is 1. The Kier molecular flexibility index (Phi) is 10.3. The molecular weight excluding hydrogens is 107 g/mol. The van der Waals surface area contributed by atoms with Gasteiger partial charge in [-0.1, -0.05) is 0 Å². The van der Waals surface area contributed by atoms with Crippen molar-refractivity contribution in [3.8, 4) is 0 Å². The van der Waals surface area contributed by atoms with Gasteiger partial charge >= 0.3 is 57.4 Å². The van der Waals surface area contributed by atoms with Crippen LogP contribution in [0.5, 0.6) is 0 Å². The Morgan fingerprint density at radius 1 is 1.83 bits per heavy atom. The van der Waals surface area contributed by atoms with E-state index in [4.69, 9.17) is 5.11 Å². The first-order valence-electron chi connectivity index (χ1n) is 1.28. The zero-order valence-corrected chi connectivity index (χ0v) is 2.77. The zero-order valence-electron chi connectivity index (χ0n) is 2.77. The van der Waals surface area contributed by atoms with Crippen molar-refractivity contribution in [3.05, 3.63) is 6.92 Å². The maximum absolute atomic E-state index is 9.31. The minimum absolute atomic E-state index is 0. The van der Waals surface area contributed by atoms with Crippen LogP contribution in [0.3, 0.4) is 0 Å². The average Bonchev–Trinajstić information content (AvgIpc) is 1.38. The fraction of sp³-hybridized carbons (Fsp3) is 0.333. The fourth-order valence-corrected chi connectivity index (χ4v) is 0. The van der Waals surface area contributed by atoms with Gasteiger partial charge in [0.2, 0.25) is 0 Å². The van der Waals surface area contributed by atoms with Crippen LogP contribution < -0.4 is 0 Å². The van der Waals surface area contributed by atoms with Gasteiger partial charge < -0.3 is 5.11 Å². The van der Waals surface area contributed by atoms with Crippen LogP contribution in [0.25, 0.3) is 0 Å². The van der Waals surface area contributed by atoms with E-state index in [0.717, 1.165) is 0 Å². The van der Waals surface area contributed by atoms with Crippen LogP contribution in [0.1, 0.15) is 6.42 Å². The summed E-state index contributed by atoms with van der Waals surface area (Å²) in [6.07, 6.45) is -0.0278. The van der Waals surface area contributed by atoms with Crippen molar-refractivity contribution in [2.45, 2.75) is 6.42 Å². The van der Waals surface area contributed by atoms with E-state index in [0.29, 0.717) is 0 Å². The van der Waals surface area contributed by atoms with Gasteiger partial charge in [-0.25, -0.2) is 0 Å². The molecule has 0 aliphatic rings. The molecular formula is C3H6KO2. The van der Waals surface area contributed by atoms with Crippen molar-refractivity contribution in [2.24, 2.45) is 0 Å². The van der Waals surface area contributed by atoms with Gasteiger partial charge in [0.05, 0.1) is 0 Å². The molecule has 0 aromatic heterocycles. The monoisotopic (exact) mass is 113 g/mol. The molecule has 0 atom stereocenters. The molecule has 0 aromatic carbocycles. The van der Waals surface area contributed by atoms with Crippen molar-refractivity contribution >= 4 is 57.4 Å². The van der Waals surface area contributed by atoms with Gasteiger partial charge in [0.15, 0.2) is 0 Å². The fourth-order valence-electron chi connectivity index (χ4n) is 0. The molecule has 31 valence electrons. The standard InChI is InChI=1S/C3H5O2.K.H/c1-2-3(4)5;;/h1-2H2,(H,4,5);;. The Morgan fingerprint density at radius 2 is 2.00 bits per heavy atom. The molecule has 0 fully saturated rings. The molecule has 0 heterocycles. The van der Waals surface area contributed by atoms with E-state index in [-0.39, 0.29) is 57.8 Å². The topological polar surface area (TPSA) is 37.3 Å². The molecule has 1 radical (unpaired) electrons. The molecule has 6 heavy (non-hydrogen) atoms. The second-order valence-corrected chi connectivity index (χ2v) is 0.644. The number of carboxylic acids is 1. The molecule has 0 rings (SSSR count). The second kappa shape index (κ2) is 6.11. The maximum atomic E-state index is 9.31. The summed E-state index contributed by atoms with van der Waals surface area (Å²) in [7, 11) is 0. The molecule has 0 saturated carbocycles. The van der Waals surface area contributed by atoms with Crippen molar-refractivity contribution in [1.82, 2.24) is 0 Å². The SMILES string of the molecule is [CH2]CC(=O)O.[KH]. The van der Waals surface area contributed by atoms with Gasteiger partial charge in [-0.15, -0.1) is 0 Å². The van der Waals surface area contributed by atoms with Crippen LogP contribution in [0.4, 0.5) is 0 Å². The molecule has 0 unspecified atom stereocenters. The number of hydrogen-bond acceptors (Lipinski definition) is 1. The first-order chi connectivity index (χ1) is 2.27. The second-order valence-electron chi connectivity index (χ2n) is 0.644. The van der Waals surface area contributed by atoms with E-state index in [9.17, 15) is 4.79 Å². The predicted molar refractivity (Wildman–Crippen MR) is 24.8 cm³/mol. The van der Waals surface area contributed by atoms with Gasteiger partial charge in [0.25, 0.3) is 0 Å². The van der Waals surface area contributed by atoms with Crippen LogP contribution in [0.15, 0.2) is 0 Å². The molecule has 1 N–H and O–H groups in total. The molecule has 0 aliphatic carbocycles. The van der Waals surface area contributed by atoms with E-state index < -0.39 is 5.97 Å². The third-order valence-corrected chi connectivity index (χ3v) is 0.214. The van der Waals surface area contributed by atoms with Gasteiger partial charge in [0.1, 0.15) is 0 Å². The number of carbonyl (C=O) groups is 1. The Bertz CT molecular complexity index is 44.1. The van der Waals surface area contributed by atoms with Gasteiger partial charge in [-0.2, -0.15) is 0 Å². The molecule has 0 spiro atoms. The van der Waals surface area contributed by atoms with Crippen molar-refractivity contribution in [1.29, 1.82) is 0 Å². The molecule has 3 heteroatoms. The summed E-state index contributed by atoms with van der Waals surface area (Å²) in [6, 6.07) is 0. The van der Waals surface area contributed by atoms with Crippen LogP contribution >= 0.6 is 0 Å². The van der Waals surface area contributed by atoms with E-state index in [1.165, 1.54) is 0 Å². The summed E-state index contributed by atoms with van der Waals surface area (Å²) in [4.78, 5) is 9.31.